The number of benzene rings is 1. The molecule has 3 rings (SSSR count). The molecule has 0 fully saturated rings. The van der Waals surface area contributed by atoms with Crippen LogP contribution in [-0.2, 0) is 19.5 Å². The molecule has 0 spiro atoms. The van der Waals surface area contributed by atoms with Crippen molar-refractivity contribution in [1.29, 1.82) is 0 Å². The molecule has 3 N–H and O–H groups in total. The molecule has 5 nitrogen and oxygen atoms in total. The maximum atomic E-state index is 10.1. The van der Waals surface area contributed by atoms with Gasteiger partial charge in [-0.1, -0.05) is 18.2 Å². The van der Waals surface area contributed by atoms with Gasteiger partial charge in [-0.25, -0.2) is 9.97 Å². The van der Waals surface area contributed by atoms with E-state index in [4.69, 9.17) is 5.73 Å². The van der Waals surface area contributed by atoms with Crippen LogP contribution in [0, 0.1) is 6.92 Å². The highest BCUT2D eigenvalue weighted by Gasteiger charge is 2.19. The first-order valence-electron chi connectivity index (χ1n) is 6.73. The molecule has 0 bridgehead atoms. The van der Waals surface area contributed by atoms with Gasteiger partial charge in [-0.05, 0) is 12.5 Å². The topological polar surface area (TPSA) is 75.3 Å². The van der Waals surface area contributed by atoms with Crippen LogP contribution in [0.25, 0.3) is 0 Å². The van der Waals surface area contributed by atoms with Gasteiger partial charge in [0.2, 0.25) is 5.95 Å². The molecular formula is C15H18N4O. The van der Waals surface area contributed by atoms with Gasteiger partial charge in [-0.2, -0.15) is 0 Å². The van der Waals surface area contributed by atoms with Crippen molar-refractivity contribution in [1.82, 2.24) is 14.9 Å². The fourth-order valence-corrected chi connectivity index (χ4v) is 2.61. The zero-order chi connectivity index (χ0) is 14.1. The van der Waals surface area contributed by atoms with Crippen LogP contribution in [0.2, 0.25) is 0 Å². The van der Waals surface area contributed by atoms with Crippen LogP contribution < -0.4 is 5.73 Å². The Morgan fingerprint density at radius 2 is 2.25 bits per heavy atom. The average molecular weight is 270 g/mol. The normalized spacial score (nSPS) is 15.1. The fraction of sp³-hybridized carbons (Fsp3) is 0.333. The molecule has 1 aliphatic rings. The summed E-state index contributed by atoms with van der Waals surface area (Å²) in [5.41, 5.74) is 9.65. The molecule has 1 aliphatic heterocycles. The van der Waals surface area contributed by atoms with Gasteiger partial charge in [0.1, 0.15) is 5.75 Å². The highest BCUT2D eigenvalue weighted by atomic mass is 16.3. The molecule has 0 unspecified atom stereocenters. The molecule has 0 saturated heterocycles. The lowest BCUT2D eigenvalue weighted by Gasteiger charge is -2.28. The molecule has 0 amide bonds. The first kappa shape index (κ1) is 12.9. The number of nitrogen functional groups attached to an aromatic ring is 1. The Balaban J connectivity index is 1.77. The van der Waals surface area contributed by atoms with Gasteiger partial charge in [-0.3, -0.25) is 4.90 Å². The van der Waals surface area contributed by atoms with E-state index in [1.54, 1.807) is 6.20 Å². The maximum Gasteiger partial charge on any atom is 0.220 e. The number of para-hydroxylation sites is 1. The lowest BCUT2D eigenvalue weighted by atomic mass is 10.0. The van der Waals surface area contributed by atoms with Crippen molar-refractivity contribution in [3.63, 3.8) is 0 Å². The molecule has 0 aliphatic carbocycles. The molecule has 104 valence electrons. The minimum Gasteiger partial charge on any atom is -0.507 e. The standard InChI is InChI=1S/C15H18N4O/c1-10-3-2-4-11(14(10)20)8-19-6-5-13-12(9-19)7-17-15(16)18-13/h2-4,7,20H,5-6,8-9H2,1H3,(H2,16,17,18). The van der Waals surface area contributed by atoms with Crippen molar-refractivity contribution in [3.05, 3.63) is 46.8 Å². The van der Waals surface area contributed by atoms with Gasteiger partial charge < -0.3 is 10.8 Å². The van der Waals surface area contributed by atoms with Crippen molar-refractivity contribution in [3.8, 4) is 5.75 Å². The number of phenols is 1. The molecule has 1 aromatic carbocycles. The van der Waals surface area contributed by atoms with E-state index < -0.39 is 0 Å². The number of nitrogens with zero attached hydrogens (tertiary/aromatic N) is 3. The van der Waals surface area contributed by atoms with E-state index in [0.717, 1.165) is 48.4 Å². The van der Waals surface area contributed by atoms with E-state index in [1.807, 2.05) is 25.1 Å². The van der Waals surface area contributed by atoms with Gasteiger partial charge in [0.15, 0.2) is 0 Å². The second-order valence-electron chi connectivity index (χ2n) is 5.24. The van der Waals surface area contributed by atoms with Crippen LogP contribution in [0.1, 0.15) is 22.4 Å². The third-order valence-corrected chi connectivity index (χ3v) is 3.75. The summed E-state index contributed by atoms with van der Waals surface area (Å²) < 4.78 is 0. The molecule has 2 heterocycles. The summed E-state index contributed by atoms with van der Waals surface area (Å²) in [6.45, 7) is 4.36. The summed E-state index contributed by atoms with van der Waals surface area (Å²) in [5, 5.41) is 10.1. The third kappa shape index (κ3) is 2.44. The Morgan fingerprint density at radius 3 is 3.10 bits per heavy atom. The number of aromatic hydroxyl groups is 1. The second-order valence-corrected chi connectivity index (χ2v) is 5.24. The van der Waals surface area contributed by atoms with E-state index in [1.165, 1.54) is 0 Å². The summed E-state index contributed by atoms with van der Waals surface area (Å²) in [7, 11) is 0. The summed E-state index contributed by atoms with van der Waals surface area (Å²) in [6.07, 6.45) is 2.68. The van der Waals surface area contributed by atoms with E-state index in [9.17, 15) is 5.11 Å². The van der Waals surface area contributed by atoms with E-state index in [2.05, 4.69) is 14.9 Å². The predicted molar refractivity (Wildman–Crippen MR) is 77.1 cm³/mol. The zero-order valence-corrected chi connectivity index (χ0v) is 11.5. The highest BCUT2D eigenvalue weighted by molar-refractivity contribution is 5.39. The van der Waals surface area contributed by atoms with Crippen molar-refractivity contribution >= 4 is 5.95 Å². The largest absolute Gasteiger partial charge is 0.507 e. The van der Waals surface area contributed by atoms with Crippen LogP contribution in [-0.4, -0.2) is 26.5 Å². The third-order valence-electron chi connectivity index (χ3n) is 3.75. The molecule has 2 aromatic rings. The second kappa shape index (κ2) is 5.09. The minimum atomic E-state index is 0.341. The molecule has 0 atom stereocenters. The first-order chi connectivity index (χ1) is 9.63. The first-order valence-corrected chi connectivity index (χ1v) is 6.73. The maximum absolute atomic E-state index is 10.1. The quantitative estimate of drug-likeness (QED) is 0.867. The number of nitrogens with two attached hydrogens (primary N) is 1. The Kier molecular flexibility index (Phi) is 3.28. The summed E-state index contributed by atoms with van der Waals surface area (Å²) in [5.74, 6) is 0.736. The number of phenolic OH excluding ortho intramolecular Hbond substituents is 1. The van der Waals surface area contributed by atoms with Gasteiger partial charge in [0, 0.05) is 43.4 Å². The number of aromatic nitrogens is 2. The predicted octanol–water partition coefficient (Wildman–Crippen LogP) is 1.63. The Labute approximate surface area is 118 Å². The van der Waals surface area contributed by atoms with Crippen molar-refractivity contribution in [2.24, 2.45) is 0 Å². The lowest BCUT2D eigenvalue weighted by molar-refractivity contribution is 0.240. The summed E-state index contributed by atoms with van der Waals surface area (Å²) >= 11 is 0. The van der Waals surface area contributed by atoms with Crippen LogP contribution in [0.5, 0.6) is 5.75 Å². The van der Waals surface area contributed by atoms with Crippen LogP contribution >= 0.6 is 0 Å². The van der Waals surface area contributed by atoms with Crippen LogP contribution in [0.15, 0.2) is 24.4 Å². The fourth-order valence-electron chi connectivity index (χ4n) is 2.61. The number of hydrogen-bond donors (Lipinski definition) is 2. The molecule has 1 aromatic heterocycles. The summed E-state index contributed by atoms with van der Waals surface area (Å²) in [4.78, 5) is 10.6. The average Bonchev–Trinajstić information content (AvgIpc) is 2.44. The Bertz CT molecular complexity index is 642. The monoisotopic (exact) mass is 270 g/mol. The minimum absolute atomic E-state index is 0.341. The van der Waals surface area contributed by atoms with Gasteiger partial charge >= 0.3 is 0 Å². The number of anilines is 1. The number of rotatable bonds is 2. The molecule has 0 saturated carbocycles. The molecule has 0 radical (unpaired) electrons. The van der Waals surface area contributed by atoms with Crippen LogP contribution in [0.3, 0.4) is 0 Å². The van der Waals surface area contributed by atoms with Gasteiger partial charge in [-0.15, -0.1) is 0 Å². The van der Waals surface area contributed by atoms with Crippen molar-refractivity contribution in [2.45, 2.75) is 26.4 Å². The van der Waals surface area contributed by atoms with E-state index >= 15 is 0 Å². The summed E-state index contributed by atoms with van der Waals surface area (Å²) in [6, 6.07) is 5.87. The smallest absolute Gasteiger partial charge is 0.220 e. The SMILES string of the molecule is Cc1cccc(CN2CCc3nc(N)ncc3C2)c1O. The molecule has 20 heavy (non-hydrogen) atoms. The van der Waals surface area contributed by atoms with Gasteiger partial charge in [0.05, 0.1) is 5.69 Å². The molecule has 5 heteroatoms. The Hall–Kier alpha value is -2.14. The number of aryl methyl sites for hydroxylation is 1. The van der Waals surface area contributed by atoms with Gasteiger partial charge in [0.25, 0.3) is 0 Å². The van der Waals surface area contributed by atoms with Crippen molar-refractivity contribution < 1.29 is 5.11 Å². The van der Waals surface area contributed by atoms with Crippen LogP contribution in [0.4, 0.5) is 5.95 Å². The Morgan fingerprint density at radius 1 is 1.40 bits per heavy atom. The van der Waals surface area contributed by atoms with Crippen molar-refractivity contribution in [2.75, 3.05) is 12.3 Å². The zero-order valence-electron chi connectivity index (χ0n) is 11.5. The van der Waals surface area contributed by atoms with E-state index in [-0.39, 0.29) is 0 Å². The lowest BCUT2D eigenvalue weighted by Crippen LogP contribution is -2.31. The highest BCUT2D eigenvalue weighted by Crippen LogP contribution is 2.25. The van der Waals surface area contributed by atoms with E-state index in [0.29, 0.717) is 11.7 Å². The number of hydrogen-bond acceptors (Lipinski definition) is 5. The molecular weight excluding hydrogens is 252 g/mol. The number of fused-ring (bicyclic) bond motifs is 1.